The summed E-state index contributed by atoms with van der Waals surface area (Å²) in [6, 6.07) is 5.12. The van der Waals surface area contributed by atoms with E-state index >= 15 is 0 Å². The van der Waals surface area contributed by atoms with E-state index in [-0.39, 0.29) is 0 Å². The van der Waals surface area contributed by atoms with E-state index in [0.717, 1.165) is 9.37 Å². The van der Waals surface area contributed by atoms with Crippen molar-refractivity contribution in [1.82, 2.24) is 0 Å². The van der Waals surface area contributed by atoms with Crippen molar-refractivity contribution < 1.29 is 9.90 Å². The quantitative estimate of drug-likeness (QED) is 0.674. The molecule has 0 amide bonds. The summed E-state index contributed by atoms with van der Waals surface area (Å²) in [7, 11) is 0. The minimum absolute atomic E-state index is 0.333. The number of carboxylic acids is 1. The summed E-state index contributed by atoms with van der Waals surface area (Å²) in [6.07, 6.45) is 1.75. The van der Waals surface area contributed by atoms with Crippen molar-refractivity contribution in [3.63, 3.8) is 0 Å². The molecule has 1 aromatic carbocycles. The van der Waals surface area contributed by atoms with E-state index in [9.17, 15) is 4.79 Å². The maximum Gasteiger partial charge on any atom is 0.336 e. The third-order valence-corrected chi connectivity index (χ3v) is 3.08. The van der Waals surface area contributed by atoms with Gasteiger partial charge in [0.15, 0.2) is 0 Å². The Morgan fingerprint density at radius 2 is 2.36 bits per heavy atom. The van der Waals surface area contributed by atoms with Gasteiger partial charge in [-0.05, 0) is 18.2 Å². The smallest absolute Gasteiger partial charge is 0.336 e. The first-order valence-corrected chi connectivity index (χ1v) is 5.69. The van der Waals surface area contributed by atoms with E-state index in [0.29, 0.717) is 11.3 Å². The molecular formula is C10H9BrO2S. The fourth-order valence-corrected chi connectivity index (χ4v) is 2.27. The predicted octanol–water partition coefficient (Wildman–Crippen LogP) is 3.43. The zero-order chi connectivity index (χ0) is 10.6. The monoisotopic (exact) mass is 272 g/mol. The Hall–Kier alpha value is -0.740. The summed E-state index contributed by atoms with van der Waals surface area (Å²) >= 11 is 4.77. The van der Waals surface area contributed by atoms with E-state index < -0.39 is 5.97 Å². The molecular weight excluding hydrogens is 264 g/mol. The number of hydrogen-bond donors (Lipinski definition) is 1. The van der Waals surface area contributed by atoms with Gasteiger partial charge < -0.3 is 5.11 Å². The number of hydrogen-bond acceptors (Lipinski definition) is 2. The number of aromatic carboxylic acids is 1. The molecule has 0 aliphatic heterocycles. The van der Waals surface area contributed by atoms with Crippen LogP contribution in [-0.4, -0.2) is 16.8 Å². The third-order valence-electron chi connectivity index (χ3n) is 1.53. The predicted molar refractivity (Wildman–Crippen MR) is 62.0 cm³/mol. The summed E-state index contributed by atoms with van der Waals surface area (Å²) < 4.78 is 0.883. The molecule has 0 saturated carbocycles. The van der Waals surface area contributed by atoms with Crippen LogP contribution in [0.1, 0.15) is 10.4 Å². The van der Waals surface area contributed by atoms with Gasteiger partial charge in [-0.2, -0.15) is 0 Å². The zero-order valence-corrected chi connectivity index (χ0v) is 9.77. The molecule has 0 spiro atoms. The Bertz CT molecular complexity index is 363. The lowest BCUT2D eigenvalue weighted by Gasteiger charge is -2.04. The first-order valence-electron chi connectivity index (χ1n) is 3.91. The van der Waals surface area contributed by atoms with Gasteiger partial charge in [-0.15, -0.1) is 18.3 Å². The molecule has 0 aliphatic rings. The average molecular weight is 273 g/mol. The largest absolute Gasteiger partial charge is 0.478 e. The second-order valence-electron chi connectivity index (χ2n) is 2.55. The summed E-state index contributed by atoms with van der Waals surface area (Å²) in [4.78, 5) is 11.6. The van der Waals surface area contributed by atoms with Crippen LogP contribution in [0.2, 0.25) is 0 Å². The van der Waals surface area contributed by atoms with E-state index in [1.54, 1.807) is 24.3 Å². The lowest BCUT2D eigenvalue weighted by atomic mass is 10.2. The molecule has 1 rings (SSSR count). The molecule has 0 radical (unpaired) electrons. The molecule has 0 fully saturated rings. The van der Waals surface area contributed by atoms with Gasteiger partial charge in [0.2, 0.25) is 0 Å². The van der Waals surface area contributed by atoms with Crippen molar-refractivity contribution >= 4 is 33.7 Å². The van der Waals surface area contributed by atoms with Crippen molar-refractivity contribution in [1.29, 1.82) is 0 Å². The molecule has 0 aromatic heterocycles. The second kappa shape index (κ2) is 5.22. The van der Waals surface area contributed by atoms with Crippen molar-refractivity contribution in [3.8, 4) is 0 Å². The molecule has 0 heterocycles. The van der Waals surface area contributed by atoms with Crippen LogP contribution in [0.25, 0.3) is 0 Å². The molecule has 74 valence electrons. The van der Waals surface area contributed by atoms with Crippen LogP contribution in [0, 0.1) is 0 Å². The van der Waals surface area contributed by atoms with Gasteiger partial charge in [0.1, 0.15) is 0 Å². The van der Waals surface area contributed by atoms with Gasteiger partial charge in [-0.3, -0.25) is 0 Å². The molecule has 1 aromatic rings. The second-order valence-corrected chi connectivity index (χ2v) is 4.52. The van der Waals surface area contributed by atoms with Gasteiger partial charge in [-0.25, -0.2) is 4.79 Å². The van der Waals surface area contributed by atoms with Gasteiger partial charge >= 0.3 is 5.97 Å². The SMILES string of the molecule is C=CCSc1cc(Br)ccc1C(=O)O. The molecule has 0 aliphatic carbocycles. The number of rotatable bonds is 4. The highest BCUT2D eigenvalue weighted by molar-refractivity contribution is 9.10. The maximum atomic E-state index is 10.8. The van der Waals surface area contributed by atoms with E-state index in [2.05, 4.69) is 22.5 Å². The number of carboxylic acid groups (broad SMARTS) is 1. The van der Waals surface area contributed by atoms with Crippen LogP contribution in [0.5, 0.6) is 0 Å². The number of thioether (sulfide) groups is 1. The lowest BCUT2D eigenvalue weighted by molar-refractivity contribution is 0.0693. The maximum absolute atomic E-state index is 10.8. The standard InChI is InChI=1S/C10H9BrO2S/c1-2-5-14-9-6-7(11)3-4-8(9)10(12)13/h2-4,6H,1,5H2,(H,12,13). The van der Waals surface area contributed by atoms with Crippen LogP contribution in [0.15, 0.2) is 40.2 Å². The van der Waals surface area contributed by atoms with Crippen LogP contribution in [-0.2, 0) is 0 Å². The first-order chi connectivity index (χ1) is 6.65. The molecule has 2 nitrogen and oxygen atoms in total. The summed E-state index contributed by atoms with van der Waals surface area (Å²) in [6.45, 7) is 3.59. The Morgan fingerprint density at radius 3 is 2.93 bits per heavy atom. The molecule has 0 unspecified atom stereocenters. The Kier molecular flexibility index (Phi) is 4.22. The molecule has 0 bridgehead atoms. The molecule has 14 heavy (non-hydrogen) atoms. The number of carbonyl (C=O) groups is 1. The fourth-order valence-electron chi connectivity index (χ4n) is 0.941. The summed E-state index contributed by atoms with van der Waals surface area (Å²) in [5.74, 6) is -0.194. The summed E-state index contributed by atoms with van der Waals surface area (Å²) in [5, 5.41) is 8.90. The van der Waals surface area contributed by atoms with Crippen molar-refractivity contribution in [2.45, 2.75) is 4.90 Å². The van der Waals surface area contributed by atoms with E-state index in [4.69, 9.17) is 5.11 Å². The minimum atomic E-state index is -0.899. The zero-order valence-electron chi connectivity index (χ0n) is 7.37. The fraction of sp³-hybridized carbons (Fsp3) is 0.100. The highest BCUT2D eigenvalue weighted by atomic mass is 79.9. The highest BCUT2D eigenvalue weighted by Crippen LogP contribution is 2.26. The minimum Gasteiger partial charge on any atom is -0.478 e. The third kappa shape index (κ3) is 2.89. The van der Waals surface area contributed by atoms with Crippen LogP contribution in [0.4, 0.5) is 0 Å². The molecule has 1 N–H and O–H groups in total. The number of halogens is 1. The van der Waals surface area contributed by atoms with Gasteiger partial charge in [0.05, 0.1) is 5.56 Å². The van der Waals surface area contributed by atoms with Crippen LogP contribution >= 0.6 is 27.7 Å². The Morgan fingerprint density at radius 1 is 1.64 bits per heavy atom. The normalized spacial score (nSPS) is 9.79. The highest BCUT2D eigenvalue weighted by Gasteiger charge is 2.09. The Labute approximate surface area is 95.1 Å². The number of benzene rings is 1. The van der Waals surface area contributed by atoms with Crippen molar-refractivity contribution in [2.75, 3.05) is 5.75 Å². The first kappa shape index (κ1) is 11.3. The van der Waals surface area contributed by atoms with E-state index in [1.807, 2.05) is 0 Å². The van der Waals surface area contributed by atoms with E-state index in [1.165, 1.54) is 11.8 Å². The van der Waals surface area contributed by atoms with Crippen LogP contribution < -0.4 is 0 Å². The van der Waals surface area contributed by atoms with Gasteiger partial charge in [-0.1, -0.05) is 22.0 Å². The topological polar surface area (TPSA) is 37.3 Å². The average Bonchev–Trinajstić information content (AvgIpc) is 2.14. The molecule has 4 heteroatoms. The molecule has 0 atom stereocenters. The van der Waals surface area contributed by atoms with Gasteiger partial charge in [0, 0.05) is 15.1 Å². The van der Waals surface area contributed by atoms with Crippen molar-refractivity contribution in [3.05, 3.63) is 40.9 Å². The van der Waals surface area contributed by atoms with Gasteiger partial charge in [0.25, 0.3) is 0 Å². The summed E-state index contributed by atoms with van der Waals surface area (Å²) in [5.41, 5.74) is 0.333. The Balaban J connectivity index is 3.02. The molecule has 0 saturated heterocycles. The lowest BCUT2D eigenvalue weighted by Crippen LogP contribution is -1.98. The van der Waals surface area contributed by atoms with Crippen molar-refractivity contribution in [2.24, 2.45) is 0 Å². The van der Waals surface area contributed by atoms with Crippen LogP contribution in [0.3, 0.4) is 0 Å².